The number of thioether (sulfide) groups is 1. The van der Waals surface area contributed by atoms with Gasteiger partial charge < -0.3 is 5.32 Å². The maximum Gasteiger partial charge on any atom is 0.274 e. The molecule has 0 saturated heterocycles. The van der Waals surface area contributed by atoms with Gasteiger partial charge in [-0.25, -0.2) is 5.01 Å². The Labute approximate surface area is 206 Å². The van der Waals surface area contributed by atoms with Gasteiger partial charge >= 0.3 is 0 Å². The second-order valence-corrected chi connectivity index (χ2v) is 11.2. The number of hydrogen-bond donors (Lipinski definition) is 1. The summed E-state index contributed by atoms with van der Waals surface area (Å²) in [6, 6.07) is 19.4. The number of anilines is 3. The lowest BCUT2D eigenvalue weighted by Gasteiger charge is -2.47. The lowest BCUT2D eigenvalue weighted by Crippen LogP contribution is -2.65. The van der Waals surface area contributed by atoms with E-state index in [2.05, 4.69) is 12.2 Å². The molecule has 1 spiro atoms. The van der Waals surface area contributed by atoms with E-state index in [9.17, 15) is 9.59 Å². The molecule has 1 aliphatic carbocycles. The molecule has 6 rings (SSSR count). The first kappa shape index (κ1) is 21.4. The third-order valence-corrected chi connectivity index (χ3v) is 9.02. The van der Waals surface area contributed by atoms with Crippen LogP contribution in [0.15, 0.2) is 65.8 Å². The maximum atomic E-state index is 14.4. The van der Waals surface area contributed by atoms with Crippen molar-refractivity contribution in [1.82, 2.24) is 0 Å². The Hall–Kier alpha value is -3.10. The number of ketones is 1. The van der Waals surface area contributed by atoms with Crippen molar-refractivity contribution in [3.8, 4) is 0 Å². The van der Waals surface area contributed by atoms with Crippen LogP contribution in [-0.2, 0) is 17.6 Å². The summed E-state index contributed by atoms with van der Waals surface area (Å²) < 4.78 is 0. The average molecular weight is 489 g/mol. The molecule has 1 N–H and O–H groups in total. The molecule has 3 aliphatic rings. The fourth-order valence-corrected chi connectivity index (χ4v) is 7.62. The van der Waals surface area contributed by atoms with Gasteiger partial charge in [-0.15, -0.1) is 11.3 Å². The number of hydrogen-bond acceptors (Lipinski definition) is 7. The molecule has 2 unspecified atom stereocenters. The van der Waals surface area contributed by atoms with E-state index in [0.717, 1.165) is 41.2 Å². The van der Waals surface area contributed by atoms with E-state index in [1.54, 1.807) is 21.2 Å². The minimum absolute atomic E-state index is 0.0552. The number of amides is 1. The number of Topliss-reactive ketones (excluding diaryl/α,β-unsaturated/α-hetero) is 1. The van der Waals surface area contributed by atoms with Crippen molar-refractivity contribution in [3.05, 3.63) is 76.7 Å². The number of thiophene rings is 1. The quantitative estimate of drug-likeness (QED) is 0.511. The molecule has 0 fully saturated rings. The predicted molar refractivity (Wildman–Crippen MR) is 140 cm³/mol. The standard InChI is InChI=1S/C26H24N4O2S2/c1-16-13-14-20-21(15-16)33-24-22(20)25(32)29(18-9-5-3-6-10-18)26(27-24)30(19-11-7-4-8-12-19)28-23(34-26)17(2)31/h3-12,16,27H,13-15H2,1-2H3. The van der Waals surface area contributed by atoms with Gasteiger partial charge in [0.2, 0.25) is 0 Å². The maximum absolute atomic E-state index is 14.4. The van der Waals surface area contributed by atoms with Crippen molar-refractivity contribution in [1.29, 1.82) is 0 Å². The minimum Gasteiger partial charge on any atom is -0.325 e. The molecule has 172 valence electrons. The van der Waals surface area contributed by atoms with Crippen LogP contribution in [-0.4, -0.2) is 21.9 Å². The van der Waals surface area contributed by atoms with Crippen LogP contribution < -0.4 is 15.2 Å². The van der Waals surface area contributed by atoms with Gasteiger partial charge in [0.1, 0.15) is 5.00 Å². The molecule has 2 aliphatic heterocycles. The van der Waals surface area contributed by atoms with Gasteiger partial charge in [0.15, 0.2) is 10.8 Å². The highest BCUT2D eigenvalue weighted by Crippen LogP contribution is 2.52. The Morgan fingerprint density at radius 2 is 1.76 bits per heavy atom. The SMILES string of the molecule is CC(=O)C1=NN(c2ccccc2)C2(Nc3sc4c(c3C(=O)N2c2ccccc2)CCC(C)C4)S1. The summed E-state index contributed by atoms with van der Waals surface area (Å²) in [5, 5.41) is 10.3. The number of nitrogens with one attached hydrogen (secondary N) is 1. The zero-order chi connectivity index (χ0) is 23.4. The van der Waals surface area contributed by atoms with Crippen molar-refractivity contribution in [2.45, 2.75) is 38.2 Å². The van der Waals surface area contributed by atoms with E-state index in [0.29, 0.717) is 11.0 Å². The van der Waals surface area contributed by atoms with E-state index in [4.69, 9.17) is 5.10 Å². The van der Waals surface area contributed by atoms with E-state index in [-0.39, 0.29) is 11.7 Å². The van der Waals surface area contributed by atoms with Crippen LogP contribution in [0.4, 0.5) is 16.4 Å². The molecule has 6 nitrogen and oxygen atoms in total. The first-order valence-corrected chi connectivity index (χ1v) is 13.1. The predicted octanol–water partition coefficient (Wildman–Crippen LogP) is 5.71. The van der Waals surface area contributed by atoms with Gasteiger partial charge in [-0.3, -0.25) is 14.5 Å². The van der Waals surface area contributed by atoms with Gasteiger partial charge in [-0.2, -0.15) is 5.10 Å². The molecule has 3 aromatic rings. The van der Waals surface area contributed by atoms with Crippen LogP contribution in [0, 0.1) is 5.92 Å². The molecule has 0 saturated carbocycles. The molecule has 2 atom stereocenters. The summed E-state index contributed by atoms with van der Waals surface area (Å²) >= 11 is 2.96. The Bertz CT molecular complexity index is 1320. The fourth-order valence-electron chi connectivity index (χ4n) is 4.91. The smallest absolute Gasteiger partial charge is 0.274 e. The summed E-state index contributed by atoms with van der Waals surface area (Å²) in [5.74, 6) is 0.423. The van der Waals surface area contributed by atoms with Crippen LogP contribution >= 0.6 is 23.1 Å². The molecule has 0 bridgehead atoms. The first-order chi connectivity index (χ1) is 16.5. The number of fused-ring (bicyclic) bond motifs is 3. The summed E-state index contributed by atoms with van der Waals surface area (Å²) in [5.41, 5.74) is 3.49. The van der Waals surface area contributed by atoms with E-state index >= 15 is 0 Å². The molecule has 1 aromatic heterocycles. The first-order valence-electron chi connectivity index (χ1n) is 11.4. The van der Waals surface area contributed by atoms with Crippen molar-refractivity contribution < 1.29 is 9.59 Å². The minimum atomic E-state index is -1.13. The molecule has 34 heavy (non-hydrogen) atoms. The third-order valence-electron chi connectivity index (χ3n) is 6.54. The fraction of sp³-hybridized carbons (Fsp3) is 0.269. The summed E-state index contributed by atoms with van der Waals surface area (Å²) in [6.45, 7) is 3.79. The van der Waals surface area contributed by atoms with Crippen molar-refractivity contribution >= 4 is 56.2 Å². The number of carbonyl (C=O) groups is 2. The number of nitrogens with zero attached hydrogens (tertiary/aromatic N) is 3. The summed E-state index contributed by atoms with van der Waals surface area (Å²) in [4.78, 5) is 29.9. The van der Waals surface area contributed by atoms with Crippen molar-refractivity contribution in [2.75, 3.05) is 15.2 Å². The van der Waals surface area contributed by atoms with E-state index < -0.39 is 5.12 Å². The zero-order valence-corrected chi connectivity index (χ0v) is 20.6. The summed E-state index contributed by atoms with van der Waals surface area (Å²) in [7, 11) is 0. The second kappa shape index (κ2) is 7.99. The molecule has 2 aromatic carbocycles. The third kappa shape index (κ3) is 3.20. The zero-order valence-electron chi connectivity index (χ0n) is 18.9. The highest BCUT2D eigenvalue weighted by atomic mass is 32.2. The van der Waals surface area contributed by atoms with Crippen molar-refractivity contribution in [3.63, 3.8) is 0 Å². The Morgan fingerprint density at radius 1 is 1.09 bits per heavy atom. The highest BCUT2D eigenvalue weighted by Gasteiger charge is 2.57. The number of para-hydroxylation sites is 2. The van der Waals surface area contributed by atoms with E-state index in [1.165, 1.54) is 29.1 Å². The largest absolute Gasteiger partial charge is 0.325 e. The van der Waals surface area contributed by atoms with Gasteiger partial charge in [-0.05, 0) is 66.8 Å². The monoisotopic (exact) mass is 488 g/mol. The van der Waals surface area contributed by atoms with Crippen LogP contribution in [0.3, 0.4) is 0 Å². The number of benzene rings is 2. The average Bonchev–Trinajstić information content (AvgIpc) is 3.39. The molecular weight excluding hydrogens is 464 g/mol. The topological polar surface area (TPSA) is 65.0 Å². The summed E-state index contributed by atoms with van der Waals surface area (Å²) in [6.07, 6.45) is 2.99. The van der Waals surface area contributed by atoms with Crippen molar-refractivity contribution in [2.24, 2.45) is 11.0 Å². The number of hydrazone groups is 1. The highest BCUT2D eigenvalue weighted by molar-refractivity contribution is 8.17. The number of carbonyl (C=O) groups excluding carboxylic acids is 2. The van der Waals surface area contributed by atoms with Crippen LogP contribution in [0.5, 0.6) is 0 Å². The molecule has 0 radical (unpaired) electrons. The molecular formula is C26H24N4O2S2. The van der Waals surface area contributed by atoms with Gasteiger partial charge in [0, 0.05) is 17.5 Å². The normalized spacial score (nSPS) is 23.4. The van der Waals surface area contributed by atoms with Gasteiger partial charge in [0.25, 0.3) is 11.0 Å². The lowest BCUT2D eigenvalue weighted by atomic mass is 9.88. The molecule has 3 heterocycles. The van der Waals surface area contributed by atoms with Crippen LogP contribution in [0.25, 0.3) is 0 Å². The Morgan fingerprint density at radius 3 is 2.44 bits per heavy atom. The van der Waals surface area contributed by atoms with Gasteiger partial charge in [-0.1, -0.05) is 43.3 Å². The molecule has 8 heteroatoms. The molecule has 1 amide bonds. The Balaban J connectivity index is 1.58. The van der Waals surface area contributed by atoms with E-state index in [1.807, 2.05) is 60.7 Å². The van der Waals surface area contributed by atoms with Gasteiger partial charge in [0.05, 0.1) is 11.3 Å². The second-order valence-electron chi connectivity index (χ2n) is 8.98. The lowest BCUT2D eigenvalue weighted by molar-refractivity contribution is -0.110. The van der Waals surface area contributed by atoms with Crippen LogP contribution in [0.1, 0.15) is 41.1 Å². The van der Waals surface area contributed by atoms with Crippen LogP contribution in [0.2, 0.25) is 0 Å². The number of rotatable bonds is 3. The Kier molecular flexibility index (Phi) is 5.04.